The summed E-state index contributed by atoms with van der Waals surface area (Å²) in [5.41, 5.74) is 11.2. The van der Waals surface area contributed by atoms with E-state index in [1.165, 1.54) is 12.5 Å². The molecule has 0 saturated carbocycles. The maximum atomic E-state index is 13.0. The van der Waals surface area contributed by atoms with Crippen molar-refractivity contribution in [1.29, 1.82) is 0 Å². The van der Waals surface area contributed by atoms with Crippen molar-refractivity contribution in [3.05, 3.63) is 18.2 Å². The lowest BCUT2D eigenvalue weighted by atomic mass is 9.98. The van der Waals surface area contributed by atoms with Crippen LogP contribution in [-0.2, 0) is 30.4 Å². The molecule has 4 amide bonds. The number of carbonyl (C=O) groups is 5. The van der Waals surface area contributed by atoms with Gasteiger partial charge in [0.25, 0.3) is 0 Å². The molecule has 1 heterocycles. The third kappa shape index (κ3) is 9.15. The summed E-state index contributed by atoms with van der Waals surface area (Å²) in [7, 11) is 0. The second kappa shape index (κ2) is 13.9. The number of rotatable bonds is 15. The quantitative estimate of drug-likeness (QED) is 0.127. The van der Waals surface area contributed by atoms with Crippen LogP contribution in [-0.4, -0.2) is 80.6 Å². The van der Waals surface area contributed by atoms with Crippen LogP contribution in [0.15, 0.2) is 12.5 Å². The lowest BCUT2D eigenvalue weighted by molar-refractivity contribution is -0.144. The van der Waals surface area contributed by atoms with Gasteiger partial charge in [0.2, 0.25) is 23.6 Å². The second-order valence-electron chi connectivity index (χ2n) is 7.91. The van der Waals surface area contributed by atoms with Gasteiger partial charge in [-0.3, -0.25) is 19.2 Å². The largest absolute Gasteiger partial charge is 0.480 e. The highest BCUT2D eigenvalue weighted by Gasteiger charge is 2.32. The number of aliphatic hydroxyl groups excluding tert-OH is 1. The number of nitrogens with one attached hydrogen (secondary N) is 4. The molecule has 0 radical (unpaired) electrons. The van der Waals surface area contributed by atoms with E-state index < -0.39 is 66.3 Å². The van der Waals surface area contributed by atoms with Crippen LogP contribution in [0.25, 0.3) is 0 Å². The molecule has 0 aliphatic rings. The predicted octanol–water partition coefficient (Wildman–Crippen LogP) is -2.88. The highest BCUT2D eigenvalue weighted by molar-refractivity contribution is 5.94. The molecule has 0 aliphatic heterocycles. The van der Waals surface area contributed by atoms with Gasteiger partial charge in [0, 0.05) is 24.7 Å². The Hall–Kier alpha value is -3.52. The molecule has 1 aromatic heterocycles. The molecule has 0 spiro atoms. The summed E-state index contributed by atoms with van der Waals surface area (Å²) >= 11 is 0. The number of H-pyrrole nitrogens is 1. The van der Waals surface area contributed by atoms with Crippen LogP contribution in [0.3, 0.4) is 0 Å². The van der Waals surface area contributed by atoms with E-state index in [-0.39, 0.29) is 19.3 Å². The van der Waals surface area contributed by atoms with Crippen LogP contribution >= 0.6 is 0 Å². The van der Waals surface area contributed by atoms with Crippen molar-refractivity contribution in [1.82, 2.24) is 25.9 Å². The van der Waals surface area contributed by atoms with Crippen molar-refractivity contribution in [3.63, 3.8) is 0 Å². The number of primary amides is 1. The first-order valence-corrected chi connectivity index (χ1v) is 10.8. The van der Waals surface area contributed by atoms with Crippen LogP contribution in [0.2, 0.25) is 0 Å². The molecular formula is C20H33N7O7. The number of aliphatic carboxylic acids is 1. The Morgan fingerprint density at radius 3 is 2.21 bits per heavy atom. The van der Waals surface area contributed by atoms with Gasteiger partial charge in [-0.25, -0.2) is 9.78 Å². The average molecular weight is 484 g/mol. The van der Waals surface area contributed by atoms with Crippen molar-refractivity contribution in [3.8, 4) is 0 Å². The zero-order valence-corrected chi connectivity index (χ0v) is 19.1. The number of amides is 4. The Bertz CT molecular complexity index is 846. The molecule has 34 heavy (non-hydrogen) atoms. The molecule has 14 heteroatoms. The number of carboxylic acid groups (broad SMARTS) is 1. The van der Waals surface area contributed by atoms with Gasteiger partial charge in [0.1, 0.15) is 24.2 Å². The Morgan fingerprint density at radius 1 is 1.09 bits per heavy atom. The minimum Gasteiger partial charge on any atom is -0.480 e. The maximum Gasteiger partial charge on any atom is 0.326 e. The van der Waals surface area contributed by atoms with Gasteiger partial charge in [-0.2, -0.15) is 0 Å². The summed E-state index contributed by atoms with van der Waals surface area (Å²) < 4.78 is 0. The number of aromatic nitrogens is 2. The summed E-state index contributed by atoms with van der Waals surface area (Å²) in [5, 5.41) is 25.8. The molecular weight excluding hydrogens is 450 g/mol. The predicted molar refractivity (Wildman–Crippen MR) is 119 cm³/mol. The van der Waals surface area contributed by atoms with Gasteiger partial charge in [0.15, 0.2) is 0 Å². The first kappa shape index (κ1) is 28.5. The Labute approximate surface area is 196 Å². The van der Waals surface area contributed by atoms with E-state index in [1.54, 1.807) is 13.8 Å². The van der Waals surface area contributed by atoms with E-state index in [2.05, 4.69) is 25.9 Å². The molecule has 5 unspecified atom stereocenters. The molecule has 0 fully saturated rings. The highest BCUT2D eigenvalue weighted by Crippen LogP contribution is 2.10. The standard InChI is InChI=1S/C20H33N7O7/c1-3-10(2)16(20(33)34)27-18(31)13(4-5-15(22)29)25-19(32)14(6-11-7-23-9-24-11)26-17(30)12(21)8-28/h7,9-10,12-14,16,28H,3-6,8,21H2,1-2H3,(H2,22,29)(H,23,24)(H,25,32)(H,26,30)(H,27,31)(H,33,34). The molecule has 0 saturated heterocycles. The van der Waals surface area contributed by atoms with Crippen molar-refractivity contribution >= 4 is 29.6 Å². The van der Waals surface area contributed by atoms with E-state index in [0.717, 1.165) is 0 Å². The van der Waals surface area contributed by atoms with Crippen LogP contribution in [0.1, 0.15) is 38.8 Å². The number of aromatic amines is 1. The van der Waals surface area contributed by atoms with Crippen molar-refractivity contribution < 1.29 is 34.2 Å². The van der Waals surface area contributed by atoms with Gasteiger partial charge in [-0.15, -0.1) is 0 Å². The topological polar surface area (TPSA) is 243 Å². The van der Waals surface area contributed by atoms with Gasteiger partial charge in [0.05, 0.1) is 12.9 Å². The summed E-state index contributed by atoms with van der Waals surface area (Å²) in [5.74, 6) is -4.79. The molecule has 1 rings (SSSR count). The summed E-state index contributed by atoms with van der Waals surface area (Å²) in [6.07, 6.45) is 2.77. The molecule has 190 valence electrons. The molecule has 10 N–H and O–H groups in total. The fourth-order valence-electron chi connectivity index (χ4n) is 2.95. The normalized spacial score (nSPS) is 15.3. The minimum absolute atomic E-state index is 0.0511. The van der Waals surface area contributed by atoms with Gasteiger partial charge < -0.3 is 42.6 Å². The average Bonchev–Trinajstić information content (AvgIpc) is 3.30. The van der Waals surface area contributed by atoms with Crippen LogP contribution < -0.4 is 27.4 Å². The van der Waals surface area contributed by atoms with Crippen molar-refractivity contribution in [2.24, 2.45) is 17.4 Å². The fourth-order valence-corrected chi connectivity index (χ4v) is 2.95. The number of hydrogen-bond donors (Lipinski definition) is 8. The Balaban J connectivity index is 3.08. The smallest absolute Gasteiger partial charge is 0.326 e. The molecule has 14 nitrogen and oxygen atoms in total. The number of hydrogen-bond acceptors (Lipinski definition) is 8. The number of carbonyl (C=O) groups excluding carboxylic acids is 4. The summed E-state index contributed by atoms with van der Waals surface area (Å²) in [6, 6.07) is -5.02. The molecule has 5 atom stereocenters. The fraction of sp³-hybridized carbons (Fsp3) is 0.600. The van der Waals surface area contributed by atoms with Crippen LogP contribution in [0.4, 0.5) is 0 Å². The lowest BCUT2D eigenvalue weighted by Crippen LogP contribution is -2.58. The molecule has 0 bridgehead atoms. The number of aliphatic hydroxyl groups is 1. The minimum atomic E-state index is -1.31. The SMILES string of the molecule is CCC(C)C(NC(=O)C(CCC(N)=O)NC(=O)C(Cc1cnc[nH]1)NC(=O)C(N)CO)C(=O)O. The van der Waals surface area contributed by atoms with Gasteiger partial charge in [-0.1, -0.05) is 20.3 Å². The third-order valence-corrected chi connectivity index (χ3v) is 5.23. The van der Waals surface area contributed by atoms with E-state index in [0.29, 0.717) is 12.1 Å². The number of imidazole rings is 1. The number of nitrogens with two attached hydrogens (primary N) is 2. The maximum absolute atomic E-state index is 13.0. The Kier molecular flexibility index (Phi) is 11.7. The lowest BCUT2D eigenvalue weighted by Gasteiger charge is -2.26. The van der Waals surface area contributed by atoms with Crippen molar-refractivity contribution in [2.75, 3.05) is 6.61 Å². The number of nitrogens with zero attached hydrogens (tertiary/aromatic N) is 1. The highest BCUT2D eigenvalue weighted by atomic mass is 16.4. The third-order valence-electron chi connectivity index (χ3n) is 5.23. The van der Waals surface area contributed by atoms with E-state index in [1.807, 2.05) is 0 Å². The molecule has 1 aromatic rings. The van der Waals surface area contributed by atoms with E-state index in [9.17, 15) is 29.1 Å². The van der Waals surface area contributed by atoms with Gasteiger partial charge in [-0.05, 0) is 12.3 Å². The first-order chi connectivity index (χ1) is 16.0. The zero-order valence-electron chi connectivity index (χ0n) is 19.1. The second-order valence-corrected chi connectivity index (χ2v) is 7.91. The summed E-state index contributed by atoms with van der Waals surface area (Å²) in [4.78, 5) is 67.5. The number of carboxylic acids is 1. The monoisotopic (exact) mass is 483 g/mol. The Morgan fingerprint density at radius 2 is 1.71 bits per heavy atom. The van der Waals surface area contributed by atoms with Crippen molar-refractivity contribution in [2.45, 2.75) is 63.7 Å². The van der Waals surface area contributed by atoms with Crippen LogP contribution in [0.5, 0.6) is 0 Å². The van der Waals surface area contributed by atoms with E-state index in [4.69, 9.17) is 16.6 Å². The van der Waals surface area contributed by atoms with Gasteiger partial charge >= 0.3 is 5.97 Å². The first-order valence-electron chi connectivity index (χ1n) is 10.8. The summed E-state index contributed by atoms with van der Waals surface area (Å²) in [6.45, 7) is 2.76. The molecule has 0 aromatic carbocycles. The van der Waals surface area contributed by atoms with Crippen LogP contribution in [0, 0.1) is 5.92 Å². The van der Waals surface area contributed by atoms with E-state index >= 15 is 0 Å². The molecule has 0 aliphatic carbocycles. The zero-order chi connectivity index (χ0) is 25.8.